The predicted molar refractivity (Wildman–Crippen MR) is 106 cm³/mol. The minimum Gasteiger partial charge on any atom is -0.354 e. The summed E-state index contributed by atoms with van der Waals surface area (Å²) < 4.78 is 14.7. The van der Waals surface area contributed by atoms with Gasteiger partial charge in [0.05, 0.1) is 23.1 Å². The minimum atomic E-state index is -0.503. The zero-order valence-electron chi connectivity index (χ0n) is 15.5. The van der Waals surface area contributed by atoms with E-state index in [1.807, 2.05) is 30.3 Å². The molecule has 1 aliphatic heterocycles. The molecule has 1 N–H and O–H groups in total. The van der Waals surface area contributed by atoms with Crippen molar-refractivity contribution in [1.82, 2.24) is 14.9 Å². The van der Waals surface area contributed by atoms with Crippen LogP contribution in [0, 0.1) is 11.7 Å². The van der Waals surface area contributed by atoms with Crippen molar-refractivity contribution >= 4 is 28.4 Å². The lowest BCUT2D eigenvalue weighted by Crippen LogP contribution is -2.36. The molecule has 0 radical (unpaired) electrons. The van der Waals surface area contributed by atoms with Gasteiger partial charge in [-0.25, -0.2) is 9.37 Å². The van der Waals surface area contributed by atoms with Crippen LogP contribution in [-0.4, -0.2) is 34.5 Å². The van der Waals surface area contributed by atoms with E-state index >= 15 is 0 Å². The second kappa shape index (κ2) is 7.83. The monoisotopic (exact) mass is 394 g/mol. The minimum absolute atomic E-state index is 0.0895. The van der Waals surface area contributed by atoms with Gasteiger partial charge in [-0.2, -0.15) is 0 Å². The highest BCUT2D eigenvalue weighted by Gasteiger charge is 2.34. The number of halogens is 1. The molecule has 1 atom stereocenters. The first-order chi connectivity index (χ1) is 14.0. The molecule has 1 fully saturated rings. The topological polar surface area (TPSA) is 84.3 Å². The van der Waals surface area contributed by atoms with Crippen molar-refractivity contribution in [1.29, 1.82) is 0 Å². The molecule has 29 heavy (non-hydrogen) atoms. The Balaban J connectivity index is 1.37. The highest BCUT2D eigenvalue weighted by atomic mass is 19.1. The number of fused-ring (bicyclic) bond motifs is 1. The highest BCUT2D eigenvalue weighted by molar-refractivity contribution is 6.00. The van der Waals surface area contributed by atoms with Gasteiger partial charge in [0, 0.05) is 31.7 Å². The highest BCUT2D eigenvalue weighted by Crippen LogP contribution is 2.24. The molecule has 1 saturated heterocycles. The van der Waals surface area contributed by atoms with Crippen molar-refractivity contribution in [3.8, 4) is 0 Å². The van der Waals surface area contributed by atoms with Crippen LogP contribution >= 0.6 is 0 Å². The van der Waals surface area contributed by atoms with E-state index in [-0.39, 0.29) is 42.3 Å². The van der Waals surface area contributed by atoms with Crippen LogP contribution in [0.15, 0.2) is 59.7 Å². The van der Waals surface area contributed by atoms with Gasteiger partial charge in [0.15, 0.2) is 0 Å². The number of nitrogens with zero attached hydrogens (tertiary/aromatic N) is 3. The van der Waals surface area contributed by atoms with Crippen LogP contribution in [0.5, 0.6) is 0 Å². The summed E-state index contributed by atoms with van der Waals surface area (Å²) in [5, 5.41) is 2.97. The molecule has 0 unspecified atom stereocenters. The summed E-state index contributed by atoms with van der Waals surface area (Å²) in [5.41, 5.74) is 0.825. The molecule has 0 bridgehead atoms. The number of hydrogen-bond acceptors (Lipinski definition) is 4. The molecule has 2 heterocycles. The Labute approximate surface area is 165 Å². The third-order valence-electron chi connectivity index (χ3n) is 5.00. The normalized spacial score (nSPS) is 16.4. The van der Waals surface area contributed by atoms with Gasteiger partial charge in [0.25, 0.3) is 5.56 Å². The SMILES string of the molecule is O=C(NCCn1cnc2ccc(F)cc2c1=O)[C@@H]1CC(=O)N(c2ccccc2)C1. The van der Waals surface area contributed by atoms with Crippen LogP contribution in [0.1, 0.15) is 6.42 Å². The fraction of sp³-hybridized carbons (Fsp3) is 0.238. The first-order valence-electron chi connectivity index (χ1n) is 9.31. The van der Waals surface area contributed by atoms with Crippen LogP contribution < -0.4 is 15.8 Å². The first-order valence-corrected chi connectivity index (χ1v) is 9.31. The van der Waals surface area contributed by atoms with Crippen molar-refractivity contribution < 1.29 is 14.0 Å². The molecular formula is C21H19FN4O3. The predicted octanol–water partition coefficient (Wildman–Crippen LogP) is 1.70. The number of amides is 2. The Kier molecular flexibility index (Phi) is 5.07. The van der Waals surface area contributed by atoms with Gasteiger partial charge >= 0.3 is 0 Å². The summed E-state index contributed by atoms with van der Waals surface area (Å²) in [6.07, 6.45) is 1.53. The van der Waals surface area contributed by atoms with Gasteiger partial charge < -0.3 is 10.2 Å². The maximum absolute atomic E-state index is 13.4. The average molecular weight is 394 g/mol. The summed E-state index contributed by atoms with van der Waals surface area (Å²) in [6, 6.07) is 13.1. The second-order valence-electron chi connectivity index (χ2n) is 6.94. The summed E-state index contributed by atoms with van der Waals surface area (Å²) in [7, 11) is 0. The van der Waals surface area contributed by atoms with Crippen LogP contribution in [0.4, 0.5) is 10.1 Å². The van der Waals surface area contributed by atoms with E-state index in [0.717, 1.165) is 11.8 Å². The largest absolute Gasteiger partial charge is 0.354 e. The quantitative estimate of drug-likeness (QED) is 0.714. The van der Waals surface area contributed by atoms with Crippen LogP contribution in [0.25, 0.3) is 10.9 Å². The number of aromatic nitrogens is 2. The fourth-order valence-electron chi connectivity index (χ4n) is 3.48. The summed E-state index contributed by atoms with van der Waals surface area (Å²) >= 11 is 0. The first kappa shape index (κ1) is 18.8. The summed E-state index contributed by atoms with van der Waals surface area (Å²) in [6.45, 7) is 0.732. The lowest BCUT2D eigenvalue weighted by molar-refractivity contribution is -0.126. The number of carbonyl (C=O) groups excluding carboxylic acids is 2. The van der Waals surface area contributed by atoms with Gasteiger partial charge in [0.2, 0.25) is 11.8 Å². The molecular weight excluding hydrogens is 375 g/mol. The van der Waals surface area contributed by atoms with E-state index in [4.69, 9.17) is 0 Å². The van der Waals surface area contributed by atoms with Gasteiger partial charge in [0.1, 0.15) is 5.82 Å². The van der Waals surface area contributed by atoms with Crippen molar-refractivity contribution in [3.63, 3.8) is 0 Å². The Bertz CT molecular complexity index is 1130. The number of rotatable bonds is 5. The molecule has 3 aromatic rings. The summed E-state index contributed by atoms with van der Waals surface area (Å²) in [5.74, 6) is -1.27. The number of para-hydroxylation sites is 1. The van der Waals surface area contributed by atoms with E-state index < -0.39 is 11.7 Å². The van der Waals surface area contributed by atoms with Gasteiger partial charge in [-0.05, 0) is 30.3 Å². The molecule has 4 rings (SSSR count). The van der Waals surface area contributed by atoms with Crippen molar-refractivity contribution in [2.45, 2.75) is 13.0 Å². The molecule has 7 nitrogen and oxygen atoms in total. The maximum Gasteiger partial charge on any atom is 0.261 e. The summed E-state index contributed by atoms with van der Waals surface area (Å²) in [4.78, 5) is 42.9. The van der Waals surface area contributed by atoms with E-state index in [1.165, 1.54) is 23.0 Å². The Morgan fingerprint density at radius 2 is 1.97 bits per heavy atom. The molecule has 1 aromatic heterocycles. The smallest absolute Gasteiger partial charge is 0.261 e. The van der Waals surface area contributed by atoms with E-state index in [9.17, 15) is 18.8 Å². The lowest BCUT2D eigenvalue weighted by atomic mass is 10.1. The van der Waals surface area contributed by atoms with Gasteiger partial charge in [-0.1, -0.05) is 18.2 Å². The number of hydrogen-bond donors (Lipinski definition) is 1. The van der Waals surface area contributed by atoms with Crippen LogP contribution in [0.3, 0.4) is 0 Å². The van der Waals surface area contributed by atoms with E-state index in [2.05, 4.69) is 10.3 Å². The lowest BCUT2D eigenvalue weighted by Gasteiger charge is -2.16. The molecule has 0 aliphatic carbocycles. The maximum atomic E-state index is 13.4. The average Bonchev–Trinajstić information content (AvgIpc) is 3.12. The van der Waals surface area contributed by atoms with Crippen molar-refractivity contribution in [3.05, 3.63) is 71.0 Å². The van der Waals surface area contributed by atoms with Gasteiger partial charge in [-0.15, -0.1) is 0 Å². The van der Waals surface area contributed by atoms with Crippen LogP contribution in [0.2, 0.25) is 0 Å². The van der Waals surface area contributed by atoms with E-state index in [1.54, 1.807) is 4.90 Å². The van der Waals surface area contributed by atoms with Crippen LogP contribution in [-0.2, 0) is 16.1 Å². The fourth-order valence-corrected chi connectivity index (χ4v) is 3.48. The van der Waals surface area contributed by atoms with Crippen molar-refractivity contribution in [2.24, 2.45) is 5.92 Å². The molecule has 0 spiro atoms. The standard InChI is InChI=1S/C21H19FN4O3/c22-15-6-7-18-17(11-15)21(29)25(13-24-18)9-8-23-20(28)14-10-19(27)26(12-14)16-4-2-1-3-5-16/h1-7,11,13-14H,8-10,12H2,(H,23,28)/t14-/m1/s1. The molecule has 2 amide bonds. The molecule has 0 saturated carbocycles. The molecule has 1 aliphatic rings. The Morgan fingerprint density at radius 1 is 1.17 bits per heavy atom. The van der Waals surface area contributed by atoms with Crippen molar-refractivity contribution in [2.75, 3.05) is 18.0 Å². The number of anilines is 1. The second-order valence-corrected chi connectivity index (χ2v) is 6.94. The molecule has 2 aromatic carbocycles. The zero-order chi connectivity index (χ0) is 20.4. The third-order valence-corrected chi connectivity index (χ3v) is 5.00. The van der Waals surface area contributed by atoms with Gasteiger partial charge in [-0.3, -0.25) is 19.0 Å². The Hall–Kier alpha value is -3.55. The number of benzene rings is 2. The molecule has 8 heteroatoms. The Morgan fingerprint density at radius 3 is 2.76 bits per heavy atom. The zero-order valence-corrected chi connectivity index (χ0v) is 15.5. The number of nitrogens with one attached hydrogen (secondary N) is 1. The molecule has 148 valence electrons. The van der Waals surface area contributed by atoms with E-state index in [0.29, 0.717) is 12.1 Å². The third kappa shape index (κ3) is 3.87. The number of carbonyl (C=O) groups is 2.